The van der Waals surface area contributed by atoms with Gasteiger partial charge in [0.15, 0.2) is 11.4 Å². The van der Waals surface area contributed by atoms with Crippen molar-refractivity contribution in [2.75, 3.05) is 0 Å². The van der Waals surface area contributed by atoms with E-state index < -0.39 is 11.9 Å². The number of rotatable bonds is 4. The second-order valence-corrected chi connectivity index (χ2v) is 9.37. The maximum absolute atomic E-state index is 12.4. The molecule has 0 bridgehead atoms. The lowest BCUT2D eigenvalue weighted by atomic mass is 10.2. The number of cyclic esters (lactones) is 1. The summed E-state index contributed by atoms with van der Waals surface area (Å²) in [7, 11) is 0. The summed E-state index contributed by atoms with van der Waals surface area (Å²) >= 11 is 9.06. The van der Waals surface area contributed by atoms with Crippen LogP contribution in [0.4, 0.5) is 0 Å². The van der Waals surface area contributed by atoms with Gasteiger partial charge in [0.05, 0.1) is 14.5 Å². The van der Waals surface area contributed by atoms with Gasteiger partial charge in [0.2, 0.25) is 5.90 Å². The van der Waals surface area contributed by atoms with Crippen LogP contribution in [-0.2, 0) is 9.53 Å². The van der Waals surface area contributed by atoms with Crippen LogP contribution >= 0.6 is 54.5 Å². The van der Waals surface area contributed by atoms with Crippen molar-refractivity contribution in [2.24, 2.45) is 4.99 Å². The van der Waals surface area contributed by atoms with Crippen molar-refractivity contribution in [2.45, 2.75) is 0 Å². The maximum atomic E-state index is 12.4. The zero-order valence-electron chi connectivity index (χ0n) is 15.6. The normalized spacial score (nSPS) is 14.4. The van der Waals surface area contributed by atoms with Crippen molar-refractivity contribution in [3.63, 3.8) is 0 Å². The molecule has 0 unspecified atom stereocenters. The largest absolute Gasteiger partial charge is 0.421 e. The number of carbonyl (C=O) groups is 2. The maximum Gasteiger partial charge on any atom is 0.363 e. The highest BCUT2D eigenvalue weighted by Gasteiger charge is 2.24. The van der Waals surface area contributed by atoms with Gasteiger partial charge in [0.1, 0.15) is 0 Å². The molecule has 0 N–H and O–H groups in total. The Kier molecular flexibility index (Phi) is 6.68. The standard InChI is InChI=1S/C23H12Br2INO4/c24-17-10-13(11-18(25)20(17)30-22(28)15-4-2-1-3-5-15)12-19-23(29)31-21(27-19)14-6-8-16(26)9-7-14/h1-12H/b19-12-. The van der Waals surface area contributed by atoms with E-state index in [9.17, 15) is 9.59 Å². The van der Waals surface area contributed by atoms with Crippen LogP contribution in [0.2, 0.25) is 0 Å². The monoisotopic (exact) mass is 651 g/mol. The number of aliphatic imine (C=N–C) groups is 1. The van der Waals surface area contributed by atoms with Gasteiger partial charge in [-0.3, -0.25) is 0 Å². The third kappa shape index (κ3) is 5.13. The van der Waals surface area contributed by atoms with E-state index in [2.05, 4.69) is 59.4 Å². The van der Waals surface area contributed by atoms with E-state index in [1.54, 1.807) is 42.5 Å². The first-order valence-electron chi connectivity index (χ1n) is 8.95. The van der Waals surface area contributed by atoms with Crippen LogP contribution < -0.4 is 4.74 Å². The molecule has 5 nitrogen and oxygen atoms in total. The second kappa shape index (κ2) is 9.46. The summed E-state index contributed by atoms with van der Waals surface area (Å²) < 4.78 is 13.0. The number of ether oxygens (including phenoxy) is 2. The zero-order valence-corrected chi connectivity index (χ0v) is 21.0. The Labute approximate surface area is 208 Å². The first-order chi connectivity index (χ1) is 14.9. The van der Waals surface area contributed by atoms with Gasteiger partial charge in [0.25, 0.3) is 0 Å². The summed E-state index contributed by atoms with van der Waals surface area (Å²) in [5.41, 5.74) is 2.03. The summed E-state index contributed by atoms with van der Waals surface area (Å²) in [5, 5.41) is 0. The molecule has 0 saturated heterocycles. The molecular weight excluding hydrogens is 641 g/mol. The molecule has 1 heterocycles. The van der Waals surface area contributed by atoms with Crippen molar-refractivity contribution in [1.29, 1.82) is 0 Å². The molecule has 0 amide bonds. The fourth-order valence-electron chi connectivity index (χ4n) is 2.77. The van der Waals surface area contributed by atoms with E-state index in [0.29, 0.717) is 25.8 Å². The van der Waals surface area contributed by atoms with Crippen LogP contribution in [0.5, 0.6) is 5.75 Å². The SMILES string of the molecule is O=C1OC(c2ccc(I)cc2)=N/C1=C\c1cc(Br)c(OC(=O)c2ccccc2)c(Br)c1. The van der Waals surface area contributed by atoms with Crippen LogP contribution in [0.3, 0.4) is 0 Å². The molecule has 3 aromatic rings. The predicted molar refractivity (Wildman–Crippen MR) is 133 cm³/mol. The summed E-state index contributed by atoms with van der Waals surface area (Å²) in [5.74, 6) is -0.396. The zero-order chi connectivity index (χ0) is 22.0. The summed E-state index contributed by atoms with van der Waals surface area (Å²) in [6.45, 7) is 0. The van der Waals surface area contributed by atoms with Gasteiger partial charge in [-0.2, -0.15) is 0 Å². The number of nitrogens with zero attached hydrogens (tertiary/aromatic N) is 1. The summed E-state index contributed by atoms with van der Waals surface area (Å²) in [6.07, 6.45) is 1.61. The number of benzene rings is 3. The van der Waals surface area contributed by atoms with E-state index in [-0.39, 0.29) is 11.6 Å². The van der Waals surface area contributed by atoms with Crippen molar-refractivity contribution < 1.29 is 19.1 Å². The van der Waals surface area contributed by atoms with Gasteiger partial charge >= 0.3 is 11.9 Å². The highest BCUT2D eigenvalue weighted by Crippen LogP contribution is 2.36. The summed E-state index contributed by atoms with van der Waals surface area (Å²) in [4.78, 5) is 29.0. The average molecular weight is 653 g/mol. The number of carbonyl (C=O) groups excluding carboxylic acids is 2. The Morgan fingerprint density at radius 3 is 2.29 bits per heavy atom. The molecule has 154 valence electrons. The van der Waals surface area contributed by atoms with Gasteiger partial charge in [-0.25, -0.2) is 14.6 Å². The van der Waals surface area contributed by atoms with Gasteiger partial charge < -0.3 is 9.47 Å². The van der Waals surface area contributed by atoms with E-state index in [1.807, 2.05) is 30.3 Å². The van der Waals surface area contributed by atoms with Crippen molar-refractivity contribution >= 4 is 78.4 Å². The lowest BCUT2D eigenvalue weighted by Crippen LogP contribution is -2.09. The van der Waals surface area contributed by atoms with E-state index in [0.717, 1.165) is 9.13 Å². The molecule has 0 saturated carbocycles. The number of esters is 2. The minimum Gasteiger partial charge on any atom is -0.421 e. The molecule has 1 aliphatic heterocycles. The highest BCUT2D eigenvalue weighted by molar-refractivity contribution is 14.1. The highest BCUT2D eigenvalue weighted by atomic mass is 127. The minimum atomic E-state index is -0.527. The predicted octanol–water partition coefficient (Wildman–Crippen LogP) is 6.38. The molecule has 4 rings (SSSR count). The Morgan fingerprint density at radius 1 is 1.00 bits per heavy atom. The van der Waals surface area contributed by atoms with Crippen molar-refractivity contribution in [3.8, 4) is 5.75 Å². The van der Waals surface area contributed by atoms with E-state index >= 15 is 0 Å². The summed E-state index contributed by atoms with van der Waals surface area (Å²) in [6, 6.07) is 19.7. The van der Waals surface area contributed by atoms with E-state index in [1.165, 1.54) is 0 Å². The van der Waals surface area contributed by atoms with E-state index in [4.69, 9.17) is 9.47 Å². The third-order valence-electron chi connectivity index (χ3n) is 4.24. The molecule has 0 atom stereocenters. The van der Waals surface area contributed by atoms with Gasteiger partial charge in [-0.1, -0.05) is 18.2 Å². The number of halogens is 3. The number of hydrogen-bond donors (Lipinski definition) is 0. The third-order valence-corrected chi connectivity index (χ3v) is 6.14. The fraction of sp³-hybridized carbons (Fsp3) is 0. The van der Waals surface area contributed by atoms with Crippen molar-refractivity contribution in [1.82, 2.24) is 0 Å². The second-order valence-electron chi connectivity index (χ2n) is 6.41. The molecule has 1 aliphatic rings. The molecule has 0 aliphatic carbocycles. The Morgan fingerprint density at radius 2 is 1.65 bits per heavy atom. The molecule has 0 radical (unpaired) electrons. The fourth-order valence-corrected chi connectivity index (χ4v) is 4.51. The van der Waals surface area contributed by atoms with Gasteiger partial charge in [-0.05, 0) is 115 Å². The molecule has 8 heteroatoms. The molecule has 3 aromatic carbocycles. The minimum absolute atomic E-state index is 0.182. The van der Waals surface area contributed by atoms with Crippen LogP contribution in [-0.4, -0.2) is 17.8 Å². The quantitative estimate of drug-likeness (QED) is 0.142. The lowest BCUT2D eigenvalue weighted by Gasteiger charge is -2.10. The van der Waals surface area contributed by atoms with Crippen LogP contribution in [0.15, 0.2) is 86.4 Å². The Bertz CT molecular complexity index is 1220. The lowest BCUT2D eigenvalue weighted by molar-refractivity contribution is -0.129. The van der Waals surface area contributed by atoms with Gasteiger partial charge in [-0.15, -0.1) is 0 Å². The molecule has 0 fully saturated rings. The first kappa shape index (κ1) is 21.9. The molecule has 0 spiro atoms. The average Bonchev–Trinajstić information content (AvgIpc) is 3.12. The van der Waals surface area contributed by atoms with Crippen LogP contribution in [0.25, 0.3) is 6.08 Å². The van der Waals surface area contributed by atoms with Crippen LogP contribution in [0, 0.1) is 3.57 Å². The smallest absolute Gasteiger partial charge is 0.363 e. The Balaban J connectivity index is 1.59. The molecule has 31 heavy (non-hydrogen) atoms. The Hall–Kier alpha value is -2.30. The topological polar surface area (TPSA) is 65.0 Å². The van der Waals surface area contributed by atoms with Gasteiger partial charge in [0, 0.05) is 9.13 Å². The first-order valence-corrected chi connectivity index (χ1v) is 11.6. The number of hydrogen-bond acceptors (Lipinski definition) is 5. The van der Waals surface area contributed by atoms with Crippen LogP contribution in [0.1, 0.15) is 21.5 Å². The molecular formula is C23H12Br2INO4. The van der Waals surface area contributed by atoms with Crippen molar-refractivity contribution in [3.05, 3.63) is 102 Å². The molecule has 0 aromatic heterocycles.